The Morgan fingerprint density at radius 3 is 2.58 bits per heavy atom. The van der Waals surface area contributed by atoms with E-state index in [2.05, 4.69) is 35.3 Å². The number of thiophene rings is 1. The van der Waals surface area contributed by atoms with E-state index < -0.39 is 0 Å². The Bertz CT molecular complexity index is 695. The number of nitrogens with zero attached hydrogens (tertiary/aromatic N) is 1. The molecule has 0 saturated heterocycles. The van der Waals surface area contributed by atoms with Crippen molar-refractivity contribution in [2.24, 2.45) is 5.92 Å². The zero-order valence-electron chi connectivity index (χ0n) is 15.8. The van der Waals surface area contributed by atoms with Gasteiger partial charge in [0.1, 0.15) is 5.75 Å². The van der Waals surface area contributed by atoms with Crippen molar-refractivity contribution >= 4 is 17.2 Å². The number of rotatable bonds is 9. The molecule has 2 unspecified atom stereocenters. The molecule has 1 fully saturated rings. The van der Waals surface area contributed by atoms with Crippen LogP contribution in [0.4, 0.5) is 0 Å². The van der Waals surface area contributed by atoms with Gasteiger partial charge in [-0.25, -0.2) is 0 Å². The van der Waals surface area contributed by atoms with Crippen molar-refractivity contribution < 1.29 is 9.53 Å². The van der Waals surface area contributed by atoms with E-state index in [9.17, 15) is 4.79 Å². The maximum absolute atomic E-state index is 12.6. The zero-order chi connectivity index (χ0) is 18.5. The maximum Gasteiger partial charge on any atom is 0.234 e. The van der Waals surface area contributed by atoms with E-state index in [0.29, 0.717) is 12.6 Å². The van der Waals surface area contributed by atoms with Gasteiger partial charge in [-0.3, -0.25) is 9.69 Å². The lowest BCUT2D eigenvalue weighted by Crippen LogP contribution is -2.42. The summed E-state index contributed by atoms with van der Waals surface area (Å²) in [5.41, 5.74) is 1.21. The molecule has 1 saturated carbocycles. The Morgan fingerprint density at radius 1 is 1.27 bits per heavy atom. The summed E-state index contributed by atoms with van der Waals surface area (Å²) >= 11 is 1.68. The third-order valence-corrected chi connectivity index (χ3v) is 6.17. The van der Waals surface area contributed by atoms with Crippen LogP contribution in [0.25, 0.3) is 0 Å². The van der Waals surface area contributed by atoms with E-state index in [4.69, 9.17) is 4.74 Å². The fourth-order valence-electron chi connectivity index (χ4n) is 3.27. The first-order valence-corrected chi connectivity index (χ1v) is 10.1. The van der Waals surface area contributed by atoms with E-state index in [0.717, 1.165) is 18.2 Å². The highest BCUT2D eigenvalue weighted by Crippen LogP contribution is 2.35. The Hall–Kier alpha value is -1.85. The third kappa shape index (κ3) is 5.08. The molecule has 3 rings (SSSR count). The van der Waals surface area contributed by atoms with Crippen molar-refractivity contribution in [2.75, 3.05) is 13.7 Å². The number of nitrogens with one attached hydrogen (secondary N) is 1. The molecule has 1 aromatic heterocycles. The summed E-state index contributed by atoms with van der Waals surface area (Å²) in [7, 11) is 1.68. The molecule has 1 aliphatic rings. The minimum atomic E-state index is 0.0570. The summed E-state index contributed by atoms with van der Waals surface area (Å²) in [5, 5.41) is 5.19. The van der Waals surface area contributed by atoms with Crippen molar-refractivity contribution in [3.8, 4) is 5.75 Å². The average molecular weight is 373 g/mol. The lowest BCUT2D eigenvalue weighted by molar-refractivity contribution is -0.123. The molecule has 1 N–H and O–H groups in total. The third-order valence-electron chi connectivity index (χ3n) is 5.12. The normalized spacial score (nSPS) is 16.3. The molecule has 4 nitrogen and oxygen atoms in total. The number of methoxy groups -OCH3 is 1. The second-order valence-electron chi connectivity index (χ2n) is 7.14. The fourth-order valence-corrected chi connectivity index (χ4v) is 4.00. The number of hydrogen-bond donors (Lipinski definition) is 1. The van der Waals surface area contributed by atoms with E-state index in [1.165, 1.54) is 23.3 Å². The molecule has 1 amide bonds. The van der Waals surface area contributed by atoms with Gasteiger partial charge in [0.05, 0.1) is 19.7 Å². The highest BCUT2D eigenvalue weighted by atomic mass is 32.1. The minimum Gasteiger partial charge on any atom is -0.497 e. The van der Waals surface area contributed by atoms with Crippen LogP contribution in [0.15, 0.2) is 41.8 Å². The Kier molecular flexibility index (Phi) is 6.33. The summed E-state index contributed by atoms with van der Waals surface area (Å²) in [4.78, 5) is 16.1. The quantitative estimate of drug-likeness (QED) is 0.716. The van der Waals surface area contributed by atoms with Gasteiger partial charge in [-0.05, 0) is 61.7 Å². The molecule has 0 radical (unpaired) electrons. The number of benzene rings is 1. The smallest absolute Gasteiger partial charge is 0.234 e. The highest BCUT2D eigenvalue weighted by molar-refractivity contribution is 7.10. The van der Waals surface area contributed by atoms with Crippen molar-refractivity contribution in [1.29, 1.82) is 0 Å². The maximum atomic E-state index is 12.6. The molecule has 5 heteroatoms. The van der Waals surface area contributed by atoms with Crippen molar-refractivity contribution in [1.82, 2.24) is 10.2 Å². The summed E-state index contributed by atoms with van der Waals surface area (Å²) in [5.74, 6) is 1.67. The van der Waals surface area contributed by atoms with Gasteiger partial charge < -0.3 is 10.1 Å². The second kappa shape index (κ2) is 8.69. The predicted molar refractivity (Wildman–Crippen MR) is 106 cm³/mol. The van der Waals surface area contributed by atoms with Crippen LogP contribution in [-0.4, -0.2) is 30.5 Å². The Balaban J connectivity index is 1.62. The van der Waals surface area contributed by atoms with Crippen LogP contribution < -0.4 is 10.1 Å². The molecule has 0 bridgehead atoms. The predicted octanol–water partition coefficient (Wildman–Crippen LogP) is 4.23. The molecule has 2 atom stereocenters. The van der Waals surface area contributed by atoms with Crippen LogP contribution >= 0.6 is 11.3 Å². The number of carbonyl (C=O) groups excluding carboxylic acids is 1. The van der Waals surface area contributed by atoms with Gasteiger partial charge in [-0.1, -0.05) is 18.2 Å². The SMILES string of the molecule is COc1ccc(CN(CC(=O)NC(C)c2cccs2)C(C)C2CC2)cc1. The topological polar surface area (TPSA) is 41.6 Å². The van der Waals surface area contributed by atoms with Gasteiger partial charge in [-0.15, -0.1) is 11.3 Å². The molecule has 1 aromatic carbocycles. The van der Waals surface area contributed by atoms with Gasteiger partial charge in [0, 0.05) is 17.5 Å². The van der Waals surface area contributed by atoms with Crippen LogP contribution in [0.5, 0.6) is 5.75 Å². The van der Waals surface area contributed by atoms with Crippen molar-refractivity contribution in [3.63, 3.8) is 0 Å². The summed E-state index contributed by atoms with van der Waals surface area (Å²) in [6.45, 7) is 5.50. The van der Waals surface area contributed by atoms with Gasteiger partial charge in [0.15, 0.2) is 0 Å². The first-order chi connectivity index (χ1) is 12.6. The van der Waals surface area contributed by atoms with Gasteiger partial charge in [-0.2, -0.15) is 0 Å². The zero-order valence-corrected chi connectivity index (χ0v) is 16.6. The Morgan fingerprint density at radius 2 is 2.00 bits per heavy atom. The Labute approximate surface area is 160 Å². The minimum absolute atomic E-state index is 0.0570. The fraction of sp³-hybridized carbons (Fsp3) is 0.476. The molecule has 2 aromatic rings. The molecule has 140 valence electrons. The number of ether oxygens (including phenoxy) is 1. The highest BCUT2D eigenvalue weighted by Gasteiger charge is 2.33. The second-order valence-corrected chi connectivity index (χ2v) is 8.11. The van der Waals surface area contributed by atoms with Crippen LogP contribution in [0.2, 0.25) is 0 Å². The average Bonchev–Trinajstić information content (AvgIpc) is 3.34. The molecular formula is C21H28N2O2S. The monoisotopic (exact) mass is 372 g/mol. The number of carbonyl (C=O) groups is 1. The summed E-state index contributed by atoms with van der Waals surface area (Å²) in [6.07, 6.45) is 2.54. The molecular weight excluding hydrogens is 344 g/mol. The standard InChI is InChI=1S/C21H28N2O2S/c1-15(20-5-4-12-26-20)22-21(24)14-23(16(2)18-8-9-18)13-17-6-10-19(25-3)11-7-17/h4-7,10-12,15-16,18H,8-9,13-14H2,1-3H3,(H,22,24). The van der Waals surface area contributed by atoms with E-state index in [1.54, 1.807) is 18.4 Å². The summed E-state index contributed by atoms with van der Waals surface area (Å²) in [6, 6.07) is 12.7. The van der Waals surface area contributed by atoms with Gasteiger partial charge in [0.25, 0.3) is 0 Å². The first kappa shape index (κ1) is 18.9. The van der Waals surface area contributed by atoms with E-state index in [1.807, 2.05) is 30.5 Å². The van der Waals surface area contributed by atoms with Crippen molar-refractivity contribution in [3.05, 3.63) is 52.2 Å². The molecule has 26 heavy (non-hydrogen) atoms. The van der Waals surface area contributed by atoms with Crippen LogP contribution in [0.3, 0.4) is 0 Å². The largest absolute Gasteiger partial charge is 0.497 e. The number of hydrogen-bond acceptors (Lipinski definition) is 4. The summed E-state index contributed by atoms with van der Waals surface area (Å²) < 4.78 is 5.24. The van der Waals surface area contributed by atoms with Crippen LogP contribution in [-0.2, 0) is 11.3 Å². The molecule has 1 aliphatic carbocycles. The van der Waals surface area contributed by atoms with E-state index in [-0.39, 0.29) is 11.9 Å². The molecule has 0 aliphatic heterocycles. The van der Waals surface area contributed by atoms with Crippen molar-refractivity contribution in [2.45, 2.75) is 45.3 Å². The molecule has 0 spiro atoms. The first-order valence-electron chi connectivity index (χ1n) is 9.26. The van der Waals surface area contributed by atoms with Crippen LogP contribution in [0.1, 0.15) is 43.2 Å². The van der Waals surface area contributed by atoms with Gasteiger partial charge in [0.2, 0.25) is 5.91 Å². The lowest BCUT2D eigenvalue weighted by atomic mass is 10.1. The number of amides is 1. The van der Waals surface area contributed by atoms with E-state index >= 15 is 0 Å². The van der Waals surface area contributed by atoms with Crippen LogP contribution in [0, 0.1) is 5.92 Å². The molecule has 1 heterocycles. The lowest BCUT2D eigenvalue weighted by Gasteiger charge is -2.29. The van der Waals surface area contributed by atoms with Gasteiger partial charge >= 0.3 is 0 Å².